The molecule has 0 N–H and O–H groups in total. The second-order valence-corrected chi connectivity index (χ2v) is 7.62. The van der Waals surface area contributed by atoms with Gasteiger partial charge in [0.25, 0.3) is 5.91 Å². The SMILES string of the molecule is COc1ncccc1C(=O)N1CCC(N2CCC(Oc3ccncc3)CC2)CC1. The van der Waals surface area contributed by atoms with Gasteiger partial charge in [0.1, 0.15) is 17.4 Å². The van der Waals surface area contributed by atoms with Crippen LogP contribution >= 0.6 is 0 Å². The molecule has 0 aliphatic carbocycles. The number of hydrogen-bond donors (Lipinski definition) is 0. The van der Waals surface area contributed by atoms with E-state index in [0.29, 0.717) is 17.5 Å². The van der Waals surface area contributed by atoms with Crippen molar-refractivity contribution in [2.24, 2.45) is 0 Å². The maximum atomic E-state index is 12.9. The van der Waals surface area contributed by atoms with Crippen molar-refractivity contribution in [3.63, 3.8) is 0 Å². The molecule has 0 spiro atoms. The van der Waals surface area contributed by atoms with Crippen LogP contribution in [-0.4, -0.2) is 71.1 Å². The number of ether oxygens (including phenoxy) is 2. The maximum Gasteiger partial charge on any atom is 0.259 e. The Labute approximate surface area is 171 Å². The molecular formula is C22H28N4O3. The molecule has 2 aromatic rings. The van der Waals surface area contributed by atoms with Crippen molar-refractivity contribution in [2.45, 2.75) is 37.8 Å². The number of piperidine rings is 2. The van der Waals surface area contributed by atoms with Crippen LogP contribution in [0.1, 0.15) is 36.0 Å². The zero-order valence-corrected chi connectivity index (χ0v) is 16.9. The number of hydrogen-bond acceptors (Lipinski definition) is 6. The third kappa shape index (κ3) is 4.67. The number of rotatable bonds is 5. The molecule has 0 saturated carbocycles. The van der Waals surface area contributed by atoms with Crippen LogP contribution in [0.15, 0.2) is 42.9 Å². The lowest BCUT2D eigenvalue weighted by molar-refractivity contribution is 0.0423. The number of likely N-dealkylation sites (tertiary alicyclic amines) is 2. The van der Waals surface area contributed by atoms with Gasteiger partial charge in [0, 0.05) is 50.8 Å². The van der Waals surface area contributed by atoms with Gasteiger partial charge in [-0.1, -0.05) is 0 Å². The largest absolute Gasteiger partial charge is 0.490 e. The van der Waals surface area contributed by atoms with Gasteiger partial charge in [-0.05, 0) is 49.9 Å². The van der Waals surface area contributed by atoms with Crippen molar-refractivity contribution in [2.75, 3.05) is 33.3 Å². The fourth-order valence-corrected chi connectivity index (χ4v) is 4.29. The second kappa shape index (κ2) is 9.22. The predicted octanol–water partition coefficient (Wildman–Crippen LogP) is 2.63. The Morgan fingerprint density at radius 2 is 1.72 bits per heavy atom. The zero-order chi connectivity index (χ0) is 20.1. The number of methoxy groups -OCH3 is 1. The normalized spacial score (nSPS) is 19.1. The molecule has 2 fully saturated rings. The van der Waals surface area contributed by atoms with Crippen LogP contribution in [0.5, 0.6) is 11.6 Å². The van der Waals surface area contributed by atoms with Crippen LogP contribution in [0, 0.1) is 0 Å². The van der Waals surface area contributed by atoms with Crippen molar-refractivity contribution < 1.29 is 14.3 Å². The summed E-state index contributed by atoms with van der Waals surface area (Å²) >= 11 is 0. The van der Waals surface area contributed by atoms with E-state index in [-0.39, 0.29) is 12.0 Å². The van der Waals surface area contributed by atoms with Gasteiger partial charge in [-0.25, -0.2) is 4.98 Å². The third-order valence-electron chi connectivity index (χ3n) is 5.89. The summed E-state index contributed by atoms with van der Waals surface area (Å²) in [6.07, 6.45) is 9.52. The van der Waals surface area contributed by atoms with Crippen molar-refractivity contribution in [1.82, 2.24) is 19.8 Å². The van der Waals surface area contributed by atoms with E-state index in [4.69, 9.17) is 9.47 Å². The number of amides is 1. The Morgan fingerprint density at radius 3 is 2.41 bits per heavy atom. The average molecular weight is 396 g/mol. The lowest BCUT2D eigenvalue weighted by Gasteiger charge is -2.41. The molecule has 2 aliphatic rings. The lowest BCUT2D eigenvalue weighted by atomic mass is 9.98. The summed E-state index contributed by atoms with van der Waals surface area (Å²) in [5.74, 6) is 1.31. The molecule has 1 amide bonds. The highest BCUT2D eigenvalue weighted by Gasteiger charge is 2.31. The van der Waals surface area contributed by atoms with E-state index in [9.17, 15) is 4.79 Å². The van der Waals surface area contributed by atoms with Gasteiger partial charge in [-0.2, -0.15) is 0 Å². The minimum Gasteiger partial charge on any atom is -0.490 e. The Bertz CT molecular complexity index is 801. The van der Waals surface area contributed by atoms with Crippen molar-refractivity contribution in [1.29, 1.82) is 0 Å². The molecule has 4 heterocycles. The quantitative estimate of drug-likeness (QED) is 0.774. The summed E-state index contributed by atoms with van der Waals surface area (Å²) in [6.45, 7) is 3.64. The molecule has 0 bridgehead atoms. The van der Waals surface area contributed by atoms with Crippen LogP contribution in [0.4, 0.5) is 0 Å². The predicted molar refractivity (Wildman–Crippen MR) is 109 cm³/mol. The second-order valence-electron chi connectivity index (χ2n) is 7.62. The molecule has 7 heteroatoms. The monoisotopic (exact) mass is 396 g/mol. The van der Waals surface area contributed by atoms with Gasteiger partial charge in [0.05, 0.1) is 7.11 Å². The lowest BCUT2D eigenvalue weighted by Crippen LogP contribution is -2.50. The van der Waals surface area contributed by atoms with Gasteiger partial charge in [-0.3, -0.25) is 14.7 Å². The fourth-order valence-electron chi connectivity index (χ4n) is 4.29. The maximum absolute atomic E-state index is 12.9. The third-order valence-corrected chi connectivity index (χ3v) is 5.89. The number of carbonyl (C=O) groups is 1. The van der Waals surface area contributed by atoms with Crippen LogP contribution in [-0.2, 0) is 0 Å². The summed E-state index contributed by atoms with van der Waals surface area (Å²) < 4.78 is 11.3. The first-order valence-corrected chi connectivity index (χ1v) is 10.3. The number of aromatic nitrogens is 2. The van der Waals surface area contributed by atoms with Gasteiger partial charge in [0.15, 0.2) is 0 Å². The first kappa shape index (κ1) is 19.6. The van der Waals surface area contributed by atoms with E-state index >= 15 is 0 Å². The number of carbonyl (C=O) groups excluding carboxylic acids is 1. The summed E-state index contributed by atoms with van der Waals surface area (Å²) in [5.41, 5.74) is 0.544. The number of pyridine rings is 2. The summed E-state index contributed by atoms with van der Waals surface area (Å²) in [6, 6.07) is 7.93. The van der Waals surface area contributed by atoms with Crippen molar-refractivity contribution >= 4 is 5.91 Å². The molecule has 2 saturated heterocycles. The Hall–Kier alpha value is -2.67. The Morgan fingerprint density at radius 1 is 1.00 bits per heavy atom. The molecule has 154 valence electrons. The van der Waals surface area contributed by atoms with E-state index in [0.717, 1.165) is 57.6 Å². The first-order valence-electron chi connectivity index (χ1n) is 10.3. The molecule has 0 aromatic carbocycles. The van der Waals surface area contributed by atoms with Crippen molar-refractivity contribution in [3.05, 3.63) is 48.4 Å². The molecular weight excluding hydrogens is 368 g/mol. The van der Waals surface area contributed by atoms with Gasteiger partial charge < -0.3 is 14.4 Å². The minimum absolute atomic E-state index is 0.0119. The van der Waals surface area contributed by atoms with Crippen LogP contribution in [0.25, 0.3) is 0 Å². The van der Waals surface area contributed by atoms with Crippen LogP contribution in [0.3, 0.4) is 0 Å². The van der Waals surface area contributed by atoms with E-state index in [1.54, 1.807) is 37.8 Å². The highest BCUT2D eigenvalue weighted by Crippen LogP contribution is 2.25. The topological polar surface area (TPSA) is 67.8 Å². The van der Waals surface area contributed by atoms with Crippen molar-refractivity contribution in [3.8, 4) is 11.6 Å². The standard InChI is InChI=1S/C22H28N4O3/c1-28-21-20(3-2-10-24-21)22(27)26-13-6-17(7-14-26)25-15-8-19(9-16-25)29-18-4-11-23-12-5-18/h2-5,10-12,17,19H,6-9,13-16H2,1H3. The van der Waals surface area contributed by atoms with Crippen LogP contribution in [0.2, 0.25) is 0 Å². The Balaban J connectivity index is 1.25. The summed E-state index contributed by atoms with van der Waals surface area (Å²) in [7, 11) is 1.55. The molecule has 2 aromatic heterocycles. The highest BCUT2D eigenvalue weighted by atomic mass is 16.5. The van der Waals surface area contributed by atoms with Gasteiger partial charge in [-0.15, -0.1) is 0 Å². The molecule has 29 heavy (non-hydrogen) atoms. The Kier molecular flexibility index (Phi) is 6.24. The zero-order valence-electron chi connectivity index (χ0n) is 16.9. The van der Waals surface area contributed by atoms with Gasteiger partial charge in [0.2, 0.25) is 5.88 Å². The number of nitrogens with zero attached hydrogens (tertiary/aromatic N) is 4. The smallest absolute Gasteiger partial charge is 0.259 e. The average Bonchev–Trinajstić information content (AvgIpc) is 2.80. The molecule has 4 rings (SSSR count). The summed E-state index contributed by atoms with van der Waals surface area (Å²) in [4.78, 5) is 25.5. The van der Waals surface area contributed by atoms with E-state index in [1.807, 2.05) is 17.0 Å². The highest BCUT2D eigenvalue weighted by molar-refractivity contribution is 5.96. The van der Waals surface area contributed by atoms with Gasteiger partial charge >= 0.3 is 0 Å². The van der Waals surface area contributed by atoms with Crippen LogP contribution < -0.4 is 9.47 Å². The molecule has 7 nitrogen and oxygen atoms in total. The van der Waals surface area contributed by atoms with E-state index in [2.05, 4.69) is 14.9 Å². The molecule has 0 atom stereocenters. The van der Waals surface area contributed by atoms with E-state index in [1.165, 1.54) is 0 Å². The molecule has 2 aliphatic heterocycles. The molecule has 0 unspecified atom stereocenters. The summed E-state index contributed by atoms with van der Waals surface area (Å²) in [5, 5.41) is 0. The first-order chi connectivity index (χ1) is 14.2. The molecule has 0 radical (unpaired) electrons. The van der Waals surface area contributed by atoms with E-state index < -0.39 is 0 Å². The minimum atomic E-state index is 0.0119. The fraction of sp³-hybridized carbons (Fsp3) is 0.500.